The number of fused-ring (bicyclic) bond motifs is 1. The van der Waals surface area contributed by atoms with Crippen LogP contribution in [0.4, 0.5) is 5.69 Å². The normalized spacial score (nSPS) is 18.1. The Hall–Kier alpha value is -3.80. The summed E-state index contributed by atoms with van der Waals surface area (Å²) >= 11 is 0. The number of carbonyl (C=O) groups is 1. The van der Waals surface area contributed by atoms with Crippen LogP contribution in [0.3, 0.4) is 0 Å². The summed E-state index contributed by atoms with van der Waals surface area (Å²) in [6.45, 7) is 2.91. The highest BCUT2D eigenvalue weighted by Crippen LogP contribution is 2.44. The Morgan fingerprint density at radius 3 is 2.58 bits per heavy atom. The van der Waals surface area contributed by atoms with Crippen molar-refractivity contribution in [1.82, 2.24) is 4.98 Å². The van der Waals surface area contributed by atoms with Gasteiger partial charge in [-0.1, -0.05) is 30.3 Å². The van der Waals surface area contributed by atoms with Crippen LogP contribution >= 0.6 is 0 Å². The standard InChI is InChI=1S/C25H24N2O4/c1-25(19-6-3-17(4-7-19)5-12-24(29)30)22-10-9-21(28)15-18(22)13-14-27(25)20-8-11-23(31-2)26-16-20/h3-12,15-16,28H,13-14H2,1-2H3,(H,29,30). The van der Waals surface area contributed by atoms with Crippen LogP contribution < -0.4 is 9.64 Å². The van der Waals surface area contributed by atoms with Crippen molar-refractivity contribution in [3.05, 3.63) is 89.1 Å². The van der Waals surface area contributed by atoms with Gasteiger partial charge in [0.1, 0.15) is 5.75 Å². The first-order valence-corrected chi connectivity index (χ1v) is 10.0. The maximum absolute atomic E-state index is 10.8. The second kappa shape index (κ2) is 8.14. The van der Waals surface area contributed by atoms with Gasteiger partial charge >= 0.3 is 5.97 Å². The number of aromatic nitrogens is 1. The number of nitrogens with zero attached hydrogens (tertiary/aromatic N) is 2. The van der Waals surface area contributed by atoms with E-state index in [-0.39, 0.29) is 5.75 Å². The summed E-state index contributed by atoms with van der Waals surface area (Å²) in [5.41, 5.74) is 4.55. The van der Waals surface area contributed by atoms with E-state index in [1.807, 2.05) is 54.7 Å². The van der Waals surface area contributed by atoms with E-state index in [4.69, 9.17) is 9.84 Å². The quantitative estimate of drug-likeness (QED) is 0.606. The number of rotatable bonds is 5. The van der Waals surface area contributed by atoms with Gasteiger partial charge in [-0.25, -0.2) is 9.78 Å². The first-order valence-electron chi connectivity index (χ1n) is 10.0. The van der Waals surface area contributed by atoms with Gasteiger partial charge in [0.25, 0.3) is 0 Å². The van der Waals surface area contributed by atoms with Crippen molar-refractivity contribution < 1.29 is 19.7 Å². The number of phenols is 1. The van der Waals surface area contributed by atoms with E-state index in [1.165, 1.54) is 0 Å². The second-order valence-electron chi connectivity index (χ2n) is 7.67. The largest absolute Gasteiger partial charge is 0.508 e. The van der Waals surface area contributed by atoms with E-state index in [0.717, 1.165) is 47.0 Å². The molecule has 1 atom stereocenters. The molecule has 2 heterocycles. The molecule has 4 rings (SSSR count). The molecule has 0 saturated carbocycles. The van der Waals surface area contributed by atoms with Gasteiger partial charge in [0.05, 0.1) is 24.5 Å². The minimum atomic E-state index is -0.977. The van der Waals surface area contributed by atoms with Gasteiger partial charge in [-0.15, -0.1) is 0 Å². The van der Waals surface area contributed by atoms with Crippen LogP contribution in [-0.2, 0) is 16.8 Å². The van der Waals surface area contributed by atoms with Gasteiger partial charge in [0, 0.05) is 18.7 Å². The highest BCUT2D eigenvalue weighted by atomic mass is 16.5. The lowest BCUT2D eigenvalue weighted by Crippen LogP contribution is -2.49. The lowest BCUT2D eigenvalue weighted by molar-refractivity contribution is -0.131. The number of hydrogen-bond donors (Lipinski definition) is 2. The zero-order valence-electron chi connectivity index (χ0n) is 17.4. The molecule has 1 aromatic heterocycles. The van der Waals surface area contributed by atoms with Crippen molar-refractivity contribution in [2.75, 3.05) is 18.6 Å². The predicted molar refractivity (Wildman–Crippen MR) is 120 cm³/mol. The summed E-state index contributed by atoms with van der Waals surface area (Å²) in [7, 11) is 1.59. The number of carboxylic acids is 1. The van der Waals surface area contributed by atoms with Crippen molar-refractivity contribution in [1.29, 1.82) is 0 Å². The first kappa shape index (κ1) is 20.5. The molecule has 2 aromatic carbocycles. The fraction of sp³-hybridized carbons (Fsp3) is 0.200. The average molecular weight is 416 g/mol. The molecule has 1 aliphatic heterocycles. The van der Waals surface area contributed by atoms with E-state index in [9.17, 15) is 9.90 Å². The Morgan fingerprint density at radius 1 is 1.16 bits per heavy atom. The van der Waals surface area contributed by atoms with Crippen molar-refractivity contribution in [2.24, 2.45) is 0 Å². The topological polar surface area (TPSA) is 82.9 Å². The smallest absolute Gasteiger partial charge is 0.328 e. The number of benzene rings is 2. The predicted octanol–water partition coefficient (Wildman–Crippen LogP) is 4.22. The lowest BCUT2D eigenvalue weighted by Gasteiger charge is -2.48. The molecule has 0 radical (unpaired) electrons. The summed E-state index contributed by atoms with van der Waals surface area (Å²) in [5, 5.41) is 18.9. The minimum absolute atomic E-state index is 0.259. The molecule has 0 fully saturated rings. The van der Waals surface area contributed by atoms with E-state index < -0.39 is 11.5 Å². The van der Waals surface area contributed by atoms with Crippen LogP contribution in [0.15, 0.2) is 66.9 Å². The molecule has 6 heteroatoms. The lowest BCUT2D eigenvalue weighted by atomic mass is 9.76. The fourth-order valence-corrected chi connectivity index (χ4v) is 4.30. The molecule has 0 spiro atoms. The molecule has 1 aliphatic rings. The molecular weight excluding hydrogens is 392 g/mol. The van der Waals surface area contributed by atoms with E-state index in [0.29, 0.717) is 5.88 Å². The number of carboxylic acid groups (broad SMARTS) is 1. The first-order chi connectivity index (χ1) is 14.9. The molecule has 31 heavy (non-hydrogen) atoms. The Labute approximate surface area is 181 Å². The summed E-state index contributed by atoms with van der Waals surface area (Å²) < 4.78 is 5.21. The van der Waals surface area contributed by atoms with Crippen molar-refractivity contribution in [2.45, 2.75) is 18.9 Å². The number of ether oxygens (including phenoxy) is 1. The van der Waals surface area contributed by atoms with E-state index in [2.05, 4.69) is 16.8 Å². The van der Waals surface area contributed by atoms with Gasteiger partial charge in [-0.05, 0) is 59.9 Å². The van der Waals surface area contributed by atoms with Gasteiger partial charge in [0.15, 0.2) is 0 Å². The molecule has 158 valence electrons. The Morgan fingerprint density at radius 2 is 1.94 bits per heavy atom. The van der Waals surface area contributed by atoms with Crippen LogP contribution in [0.5, 0.6) is 11.6 Å². The third-order valence-electron chi connectivity index (χ3n) is 5.89. The summed E-state index contributed by atoms with van der Waals surface area (Å²) in [4.78, 5) is 17.5. The third kappa shape index (κ3) is 3.84. The molecule has 0 saturated heterocycles. The summed E-state index contributed by atoms with van der Waals surface area (Å²) in [6, 6.07) is 17.3. The monoisotopic (exact) mass is 416 g/mol. The molecule has 3 aromatic rings. The summed E-state index contributed by atoms with van der Waals surface area (Å²) in [5.74, 6) is -0.160. The van der Waals surface area contributed by atoms with Gasteiger partial charge in [0.2, 0.25) is 5.88 Å². The highest BCUT2D eigenvalue weighted by Gasteiger charge is 2.40. The third-order valence-corrected chi connectivity index (χ3v) is 5.89. The molecule has 0 aliphatic carbocycles. The highest BCUT2D eigenvalue weighted by molar-refractivity contribution is 5.85. The SMILES string of the molecule is COc1ccc(N2CCc3cc(O)ccc3C2(C)c2ccc(C=CC(=O)O)cc2)cn1. The molecule has 2 N–H and O–H groups in total. The zero-order valence-corrected chi connectivity index (χ0v) is 17.4. The number of hydrogen-bond acceptors (Lipinski definition) is 5. The minimum Gasteiger partial charge on any atom is -0.508 e. The number of pyridine rings is 1. The van der Waals surface area contributed by atoms with Crippen LogP contribution in [0, 0.1) is 0 Å². The van der Waals surface area contributed by atoms with Crippen LogP contribution in [-0.4, -0.2) is 34.8 Å². The van der Waals surface area contributed by atoms with Gasteiger partial charge < -0.3 is 19.8 Å². The number of phenolic OH excluding ortho intramolecular Hbond substituents is 1. The Balaban J connectivity index is 1.82. The molecule has 6 nitrogen and oxygen atoms in total. The Kier molecular flexibility index (Phi) is 5.38. The molecule has 1 unspecified atom stereocenters. The zero-order chi connectivity index (χ0) is 22.0. The van der Waals surface area contributed by atoms with Gasteiger partial charge in [-0.2, -0.15) is 0 Å². The maximum Gasteiger partial charge on any atom is 0.328 e. The molecule has 0 bridgehead atoms. The van der Waals surface area contributed by atoms with E-state index >= 15 is 0 Å². The van der Waals surface area contributed by atoms with E-state index in [1.54, 1.807) is 19.3 Å². The number of methoxy groups -OCH3 is 1. The number of aromatic hydroxyl groups is 1. The van der Waals surface area contributed by atoms with Crippen LogP contribution in [0.1, 0.15) is 29.2 Å². The number of aliphatic carboxylic acids is 1. The van der Waals surface area contributed by atoms with Crippen molar-refractivity contribution in [3.63, 3.8) is 0 Å². The maximum atomic E-state index is 10.8. The Bertz CT molecular complexity index is 1120. The molecule has 0 amide bonds. The average Bonchev–Trinajstić information content (AvgIpc) is 2.78. The second-order valence-corrected chi connectivity index (χ2v) is 7.67. The van der Waals surface area contributed by atoms with Crippen molar-refractivity contribution >= 4 is 17.7 Å². The van der Waals surface area contributed by atoms with Crippen molar-refractivity contribution in [3.8, 4) is 11.6 Å². The van der Waals surface area contributed by atoms with Crippen LogP contribution in [0.2, 0.25) is 0 Å². The molecular formula is C25H24N2O4. The van der Waals surface area contributed by atoms with Crippen LogP contribution in [0.25, 0.3) is 6.08 Å². The van der Waals surface area contributed by atoms with Gasteiger partial charge in [-0.3, -0.25) is 0 Å². The number of anilines is 1. The fourth-order valence-electron chi connectivity index (χ4n) is 4.30. The summed E-state index contributed by atoms with van der Waals surface area (Å²) in [6.07, 6.45) is 5.31.